The van der Waals surface area contributed by atoms with E-state index in [1.54, 1.807) is 4.68 Å². The second kappa shape index (κ2) is 6.69. The Kier molecular flexibility index (Phi) is 4.66. The average Bonchev–Trinajstić information content (AvgIpc) is 3.24. The maximum atomic E-state index is 12.1. The monoisotopic (exact) mass is 305 g/mol. The van der Waals surface area contributed by atoms with E-state index in [1.165, 1.54) is 19.4 Å². The van der Waals surface area contributed by atoms with E-state index in [4.69, 9.17) is 0 Å². The van der Waals surface area contributed by atoms with Crippen LogP contribution in [-0.2, 0) is 13.5 Å². The maximum absolute atomic E-state index is 12.1. The molecule has 0 unspecified atom stereocenters. The van der Waals surface area contributed by atoms with E-state index >= 15 is 0 Å². The molecule has 2 N–H and O–H groups in total. The van der Waals surface area contributed by atoms with Crippen LogP contribution in [-0.4, -0.2) is 46.4 Å². The number of nitrogens with zero attached hydrogens (tertiary/aromatic N) is 3. The third-order valence-electron chi connectivity index (χ3n) is 4.67. The van der Waals surface area contributed by atoms with E-state index in [2.05, 4.69) is 27.6 Å². The van der Waals surface area contributed by atoms with E-state index < -0.39 is 0 Å². The average molecular weight is 305 g/mol. The van der Waals surface area contributed by atoms with Gasteiger partial charge in [-0.05, 0) is 38.0 Å². The Balaban J connectivity index is 1.42. The van der Waals surface area contributed by atoms with Crippen molar-refractivity contribution >= 4 is 11.8 Å². The summed E-state index contributed by atoms with van der Waals surface area (Å²) in [6.45, 7) is 5.52. The number of likely N-dealkylation sites (tertiary alicyclic amines) is 1. The van der Waals surface area contributed by atoms with Crippen LogP contribution < -0.4 is 10.6 Å². The highest BCUT2D eigenvalue weighted by Gasteiger charge is 2.27. The molecule has 0 bridgehead atoms. The molecule has 6 heteroatoms. The summed E-state index contributed by atoms with van der Waals surface area (Å²) in [5.74, 6) is 1.70. The zero-order chi connectivity index (χ0) is 15.5. The molecule has 0 radical (unpaired) electrons. The van der Waals surface area contributed by atoms with Gasteiger partial charge in [0.2, 0.25) is 0 Å². The van der Waals surface area contributed by atoms with Crippen molar-refractivity contribution in [3.63, 3.8) is 0 Å². The van der Waals surface area contributed by atoms with Crippen LogP contribution in [0, 0.1) is 5.92 Å². The number of carbonyl (C=O) groups excluding carboxylic acids is 1. The summed E-state index contributed by atoms with van der Waals surface area (Å²) in [6, 6.07) is 2.10. The predicted octanol–water partition coefficient (Wildman–Crippen LogP) is 1.98. The van der Waals surface area contributed by atoms with Gasteiger partial charge >= 0.3 is 6.03 Å². The molecule has 0 spiro atoms. The fraction of sp³-hybridized carbons (Fsp3) is 0.750. The molecule has 2 aliphatic rings. The number of carbonyl (C=O) groups is 1. The van der Waals surface area contributed by atoms with Crippen LogP contribution in [0.3, 0.4) is 0 Å². The van der Waals surface area contributed by atoms with Gasteiger partial charge in [-0.3, -0.25) is 10.00 Å². The van der Waals surface area contributed by atoms with Gasteiger partial charge in [-0.25, -0.2) is 4.79 Å². The quantitative estimate of drug-likeness (QED) is 0.874. The standard InChI is InChI=1S/C16H27N5O/c1-3-13-10-15(20(2)19-13)18-16(22)17-14-6-8-21(9-7-14)11-12-4-5-12/h10,12,14H,3-9,11H2,1-2H3,(H2,17,18,22). The van der Waals surface area contributed by atoms with Crippen LogP contribution in [0.25, 0.3) is 0 Å². The van der Waals surface area contributed by atoms with Crippen LogP contribution in [0.1, 0.15) is 38.3 Å². The highest BCUT2D eigenvalue weighted by molar-refractivity contribution is 5.88. The smallest absolute Gasteiger partial charge is 0.320 e. The predicted molar refractivity (Wildman–Crippen MR) is 86.9 cm³/mol. The molecule has 0 aromatic carbocycles. The number of amides is 2. The topological polar surface area (TPSA) is 62.2 Å². The van der Waals surface area contributed by atoms with Crippen molar-refractivity contribution in [1.82, 2.24) is 20.0 Å². The molecular formula is C16H27N5O. The van der Waals surface area contributed by atoms with Gasteiger partial charge in [0.05, 0.1) is 5.69 Å². The number of aromatic nitrogens is 2. The summed E-state index contributed by atoms with van der Waals surface area (Å²) in [6.07, 6.45) is 5.78. The summed E-state index contributed by atoms with van der Waals surface area (Å²) in [7, 11) is 1.85. The van der Waals surface area contributed by atoms with E-state index in [-0.39, 0.29) is 12.1 Å². The molecule has 1 aliphatic carbocycles. The Hall–Kier alpha value is -1.56. The van der Waals surface area contributed by atoms with Gasteiger partial charge in [0.25, 0.3) is 0 Å². The number of hydrogen-bond acceptors (Lipinski definition) is 3. The Morgan fingerprint density at radius 3 is 2.64 bits per heavy atom. The number of nitrogens with one attached hydrogen (secondary N) is 2. The third-order valence-corrected chi connectivity index (χ3v) is 4.67. The first-order chi connectivity index (χ1) is 10.6. The van der Waals surface area contributed by atoms with Crippen molar-refractivity contribution < 1.29 is 4.79 Å². The molecule has 1 aromatic heterocycles. The van der Waals surface area contributed by atoms with Crippen LogP contribution in [0.2, 0.25) is 0 Å². The maximum Gasteiger partial charge on any atom is 0.320 e. The van der Waals surface area contributed by atoms with Gasteiger partial charge in [-0.2, -0.15) is 5.10 Å². The van der Waals surface area contributed by atoms with Gasteiger partial charge in [-0.1, -0.05) is 6.92 Å². The first-order valence-electron chi connectivity index (χ1n) is 8.47. The number of hydrogen-bond donors (Lipinski definition) is 2. The molecule has 1 aromatic rings. The first-order valence-corrected chi connectivity index (χ1v) is 8.47. The second-order valence-corrected chi connectivity index (χ2v) is 6.61. The lowest BCUT2D eigenvalue weighted by atomic mass is 10.1. The lowest BCUT2D eigenvalue weighted by Gasteiger charge is -2.32. The third kappa shape index (κ3) is 4.00. The highest BCUT2D eigenvalue weighted by Crippen LogP contribution is 2.30. The molecule has 2 fully saturated rings. The minimum absolute atomic E-state index is 0.119. The number of urea groups is 1. The second-order valence-electron chi connectivity index (χ2n) is 6.61. The lowest BCUT2D eigenvalue weighted by Crippen LogP contribution is -2.46. The molecule has 2 amide bonds. The minimum atomic E-state index is -0.119. The van der Waals surface area contributed by atoms with Crippen molar-refractivity contribution in [3.05, 3.63) is 11.8 Å². The first kappa shape index (κ1) is 15.3. The van der Waals surface area contributed by atoms with Crippen molar-refractivity contribution in [2.75, 3.05) is 25.0 Å². The Labute approximate surface area is 132 Å². The zero-order valence-corrected chi connectivity index (χ0v) is 13.6. The van der Waals surface area contributed by atoms with Crippen LogP contribution >= 0.6 is 0 Å². The van der Waals surface area contributed by atoms with E-state index in [1.807, 2.05) is 13.1 Å². The molecule has 3 rings (SSSR count). The summed E-state index contributed by atoms with van der Waals surface area (Å²) in [5, 5.41) is 10.3. The summed E-state index contributed by atoms with van der Waals surface area (Å²) in [5.41, 5.74) is 0.992. The zero-order valence-electron chi connectivity index (χ0n) is 13.6. The van der Waals surface area contributed by atoms with Crippen molar-refractivity contribution in [2.45, 2.75) is 45.1 Å². The van der Waals surface area contributed by atoms with Crippen LogP contribution in [0.5, 0.6) is 0 Å². The fourth-order valence-corrected chi connectivity index (χ4v) is 3.08. The SMILES string of the molecule is CCc1cc(NC(=O)NC2CCN(CC3CC3)CC2)n(C)n1. The van der Waals surface area contributed by atoms with Crippen molar-refractivity contribution in [3.8, 4) is 0 Å². The molecule has 2 heterocycles. The number of rotatable bonds is 5. The van der Waals surface area contributed by atoms with E-state index in [0.29, 0.717) is 0 Å². The molecule has 1 saturated carbocycles. The Morgan fingerprint density at radius 2 is 2.05 bits per heavy atom. The summed E-state index contributed by atoms with van der Waals surface area (Å²) in [4.78, 5) is 14.7. The van der Waals surface area contributed by atoms with Gasteiger partial charge in [-0.15, -0.1) is 0 Å². The molecule has 1 saturated heterocycles. The normalized spacial score (nSPS) is 20.1. The van der Waals surface area contributed by atoms with Gasteiger partial charge in [0.15, 0.2) is 0 Å². The van der Waals surface area contributed by atoms with Gasteiger partial charge < -0.3 is 10.2 Å². The van der Waals surface area contributed by atoms with Crippen molar-refractivity contribution in [2.24, 2.45) is 13.0 Å². The molecule has 0 atom stereocenters. The molecule has 122 valence electrons. The van der Waals surface area contributed by atoms with Crippen LogP contribution in [0.15, 0.2) is 6.07 Å². The molecular weight excluding hydrogens is 278 g/mol. The largest absolute Gasteiger partial charge is 0.335 e. The number of anilines is 1. The number of piperidine rings is 1. The Morgan fingerprint density at radius 1 is 1.32 bits per heavy atom. The van der Waals surface area contributed by atoms with Crippen LogP contribution in [0.4, 0.5) is 10.6 Å². The summed E-state index contributed by atoms with van der Waals surface area (Å²) >= 11 is 0. The fourth-order valence-electron chi connectivity index (χ4n) is 3.08. The van der Waals surface area contributed by atoms with Crippen molar-refractivity contribution in [1.29, 1.82) is 0 Å². The van der Waals surface area contributed by atoms with E-state index in [9.17, 15) is 4.79 Å². The van der Waals surface area contributed by atoms with E-state index in [0.717, 1.165) is 49.8 Å². The lowest BCUT2D eigenvalue weighted by molar-refractivity contribution is 0.190. The van der Waals surface area contributed by atoms with Gasteiger partial charge in [0.1, 0.15) is 5.82 Å². The minimum Gasteiger partial charge on any atom is -0.335 e. The molecule has 6 nitrogen and oxygen atoms in total. The molecule has 1 aliphatic heterocycles. The summed E-state index contributed by atoms with van der Waals surface area (Å²) < 4.78 is 1.72. The highest BCUT2D eigenvalue weighted by atomic mass is 16.2. The number of aryl methyl sites for hydroxylation is 2. The Bertz CT molecular complexity index is 515. The van der Waals surface area contributed by atoms with Gasteiger partial charge in [0, 0.05) is 38.8 Å². The molecule has 22 heavy (non-hydrogen) atoms.